The van der Waals surface area contributed by atoms with E-state index >= 15 is 0 Å². The predicted molar refractivity (Wildman–Crippen MR) is 74.7 cm³/mol. The van der Waals surface area contributed by atoms with Crippen LogP contribution in [-0.2, 0) is 10.0 Å². The number of aliphatic hydroxyl groups is 1. The van der Waals surface area contributed by atoms with Gasteiger partial charge in [0.2, 0.25) is 10.0 Å². The Hall–Kier alpha value is -1.03. The molecular weight excluding hydrogens is 352 g/mol. The van der Waals surface area contributed by atoms with Crippen molar-refractivity contribution in [2.24, 2.45) is 5.92 Å². The number of nitro groups is 1. The molecule has 9 heteroatoms. The number of aliphatic hydroxyl groups excluding tert-OH is 1. The number of benzene rings is 1. The molecule has 0 atom stereocenters. The second-order valence-corrected chi connectivity index (χ2v) is 7.36. The van der Waals surface area contributed by atoms with E-state index < -0.39 is 20.6 Å². The average molecular weight is 365 g/mol. The second kappa shape index (κ2) is 5.76. The van der Waals surface area contributed by atoms with Gasteiger partial charge in [-0.15, -0.1) is 0 Å². The highest BCUT2D eigenvalue weighted by atomic mass is 79.9. The Bertz CT molecular complexity index is 628. The summed E-state index contributed by atoms with van der Waals surface area (Å²) in [6.45, 7) is 0.170. The summed E-state index contributed by atoms with van der Waals surface area (Å²) in [4.78, 5) is 9.80. The molecule has 0 spiro atoms. The highest BCUT2D eigenvalue weighted by molar-refractivity contribution is 9.10. The van der Waals surface area contributed by atoms with Gasteiger partial charge in [-0.2, -0.15) is 0 Å². The van der Waals surface area contributed by atoms with E-state index in [-0.39, 0.29) is 23.5 Å². The van der Waals surface area contributed by atoms with Crippen LogP contribution in [-0.4, -0.2) is 31.1 Å². The first-order chi connectivity index (χ1) is 9.29. The van der Waals surface area contributed by atoms with Gasteiger partial charge in [0.15, 0.2) is 4.90 Å². The minimum atomic E-state index is -3.95. The normalized spacial score (nSPS) is 22.3. The van der Waals surface area contributed by atoms with Gasteiger partial charge in [-0.3, -0.25) is 10.1 Å². The van der Waals surface area contributed by atoms with E-state index in [0.29, 0.717) is 17.3 Å². The fraction of sp³-hybridized carbons (Fsp3) is 0.455. The summed E-state index contributed by atoms with van der Waals surface area (Å²) in [6.07, 6.45) is 0.719. The zero-order valence-corrected chi connectivity index (χ0v) is 12.7. The zero-order chi connectivity index (χ0) is 14.9. The largest absolute Gasteiger partial charge is 0.393 e. The summed E-state index contributed by atoms with van der Waals surface area (Å²) in [5.74, 6) is 0.0750. The van der Waals surface area contributed by atoms with Gasteiger partial charge in [-0.05, 0) is 30.9 Å². The Morgan fingerprint density at radius 2 is 2.10 bits per heavy atom. The molecule has 0 aromatic heterocycles. The summed E-state index contributed by atoms with van der Waals surface area (Å²) in [6, 6.07) is 3.77. The van der Waals surface area contributed by atoms with E-state index in [9.17, 15) is 18.5 Å². The predicted octanol–water partition coefficient (Wildman–Crippen LogP) is 1.41. The summed E-state index contributed by atoms with van der Waals surface area (Å²) in [5.41, 5.74) is -0.464. The topological polar surface area (TPSA) is 110 Å². The summed E-state index contributed by atoms with van der Waals surface area (Å²) < 4.78 is 27.1. The van der Waals surface area contributed by atoms with Crippen molar-refractivity contribution in [1.82, 2.24) is 4.72 Å². The van der Waals surface area contributed by atoms with E-state index in [2.05, 4.69) is 20.7 Å². The van der Waals surface area contributed by atoms with Crippen LogP contribution < -0.4 is 4.72 Å². The molecule has 0 heterocycles. The molecule has 20 heavy (non-hydrogen) atoms. The van der Waals surface area contributed by atoms with Gasteiger partial charge in [0, 0.05) is 17.1 Å². The van der Waals surface area contributed by atoms with Crippen molar-refractivity contribution in [2.45, 2.75) is 23.8 Å². The minimum absolute atomic E-state index is 0.0750. The molecule has 0 bridgehead atoms. The van der Waals surface area contributed by atoms with E-state index in [1.807, 2.05) is 0 Å². The number of rotatable bonds is 5. The van der Waals surface area contributed by atoms with Crippen molar-refractivity contribution in [3.8, 4) is 0 Å². The third kappa shape index (κ3) is 3.35. The molecule has 0 saturated heterocycles. The number of hydrogen-bond acceptors (Lipinski definition) is 5. The second-order valence-electron chi connectivity index (χ2n) is 4.71. The molecule has 2 N–H and O–H groups in total. The fourth-order valence-electron chi connectivity index (χ4n) is 2.03. The highest BCUT2D eigenvalue weighted by Gasteiger charge is 2.31. The Labute approximate surface area is 124 Å². The number of nitrogens with zero attached hydrogens (tertiary/aromatic N) is 1. The monoisotopic (exact) mass is 364 g/mol. The molecule has 7 nitrogen and oxygen atoms in total. The summed E-state index contributed by atoms with van der Waals surface area (Å²) in [5, 5.41) is 20.0. The van der Waals surface area contributed by atoms with Crippen molar-refractivity contribution in [1.29, 1.82) is 0 Å². The average Bonchev–Trinajstić information content (AvgIpc) is 2.32. The molecule has 2 rings (SSSR count). The van der Waals surface area contributed by atoms with Gasteiger partial charge in [0.05, 0.1) is 11.0 Å². The number of hydrogen-bond donors (Lipinski definition) is 2. The SMILES string of the molecule is O=[N+]([O-])c1ccc(Br)cc1S(=O)(=O)NCC1CC(O)C1. The number of sulfonamides is 1. The molecule has 1 aliphatic carbocycles. The fourth-order valence-corrected chi connectivity index (χ4v) is 3.85. The Balaban J connectivity index is 2.20. The molecular formula is C11H13BrN2O5S. The quantitative estimate of drug-likeness (QED) is 0.606. The molecule has 0 unspecified atom stereocenters. The molecule has 1 saturated carbocycles. The van der Waals surface area contributed by atoms with E-state index in [4.69, 9.17) is 5.11 Å². The molecule has 1 aromatic carbocycles. The molecule has 1 aliphatic rings. The van der Waals surface area contributed by atoms with E-state index in [0.717, 1.165) is 6.07 Å². The van der Waals surface area contributed by atoms with Crippen LogP contribution in [0.3, 0.4) is 0 Å². The lowest BCUT2D eigenvalue weighted by Gasteiger charge is -2.31. The smallest absolute Gasteiger partial charge is 0.289 e. The van der Waals surface area contributed by atoms with Crippen molar-refractivity contribution in [3.63, 3.8) is 0 Å². The molecule has 1 fully saturated rings. The highest BCUT2D eigenvalue weighted by Crippen LogP contribution is 2.29. The third-order valence-corrected chi connectivity index (χ3v) is 5.13. The minimum Gasteiger partial charge on any atom is -0.393 e. The number of halogens is 1. The van der Waals surface area contributed by atoms with E-state index in [1.54, 1.807) is 0 Å². The molecule has 0 amide bonds. The van der Waals surface area contributed by atoms with Crippen molar-refractivity contribution < 1.29 is 18.4 Å². The van der Waals surface area contributed by atoms with Crippen LogP contribution >= 0.6 is 15.9 Å². The van der Waals surface area contributed by atoms with Crippen molar-refractivity contribution in [3.05, 3.63) is 32.8 Å². The first kappa shape index (κ1) is 15.4. The van der Waals surface area contributed by atoms with Gasteiger partial charge in [0.25, 0.3) is 5.69 Å². The lowest BCUT2D eigenvalue weighted by atomic mass is 9.83. The first-order valence-electron chi connectivity index (χ1n) is 5.91. The molecule has 0 aliphatic heterocycles. The van der Waals surface area contributed by atoms with Gasteiger partial charge >= 0.3 is 0 Å². The van der Waals surface area contributed by atoms with Crippen LogP contribution in [0.25, 0.3) is 0 Å². The van der Waals surface area contributed by atoms with Crippen LogP contribution in [0.5, 0.6) is 0 Å². The maximum Gasteiger partial charge on any atom is 0.289 e. The van der Waals surface area contributed by atoms with Crippen LogP contribution in [0.15, 0.2) is 27.6 Å². The standard InChI is InChI=1S/C11H13BrN2O5S/c12-8-1-2-10(14(16)17)11(5-8)20(18,19)13-6-7-3-9(15)4-7/h1-2,5,7,9,13,15H,3-4,6H2. The Kier molecular flexibility index (Phi) is 4.43. The maximum atomic E-state index is 12.1. The summed E-state index contributed by atoms with van der Waals surface area (Å²) in [7, 11) is -3.95. The van der Waals surface area contributed by atoms with Gasteiger partial charge in [-0.1, -0.05) is 15.9 Å². The zero-order valence-electron chi connectivity index (χ0n) is 10.3. The maximum absolute atomic E-state index is 12.1. The van der Waals surface area contributed by atoms with Gasteiger partial charge < -0.3 is 5.11 Å². The van der Waals surface area contributed by atoms with Crippen LogP contribution in [0, 0.1) is 16.0 Å². The van der Waals surface area contributed by atoms with Crippen molar-refractivity contribution >= 4 is 31.6 Å². The number of nitrogens with one attached hydrogen (secondary N) is 1. The first-order valence-corrected chi connectivity index (χ1v) is 8.19. The summed E-state index contributed by atoms with van der Waals surface area (Å²) >= 11 is 3.10. The molecule has 110 valence electrons. The van der Waals surface area contributed by atoms with Gasteiger partial charge in [0.1, 0.15) is 0 Å². The van der Waals surface area contributed by atoms with Crippen LogP contribution in [0.4, 0.5) is 5.69 Å². The van der Waals surface area contributed by atoms with Gasteiger partial charge in [-0.25, -0.2) is 13.1 Å². The lowest BCUT2D eigenvalue weighted by molar-refractivity contribution is -0.387. The molecule has 1 aromatic rings. The lowest BCUT2D eigenvalue weighted by Crippen LogP contribution is -2.38. The Morgan fingerprint density at radius 1 is 1.45 bits per heavy atom. The number of nitro benzene ring substituents is 1. The van der Waals surface area contributed by atoms with Crippen LogP contribution in [0.1, 0.15) is 12.8 Å². The van der Waals surface area contributed by atoms with Crippen molar-refractivity contribution in [2.75, 3.05) is 6.54 Å². The van der Waals surface area contributed by atoms with Crippen LogP contribution in [0.2, 0.25) is 0 Å². The third-order valence-electron chi connectivity index (χ3n) is 3.18. The Morgan fingerprint density at radius 3 is 2.65 bits per heavy atom. The molecule has 0 radical (unpaired) electrons. The van der Waals surface area contributed by atoms with E-state index in [1.165, 1.54) is 12.1 Å².